The van der Waals surface area contributed by atoms with Crippen LogP contribution in [0.2, 0.25) is 0 Å². The molecule has 1 aromatic carbocycles. The maximum Gasteiger partial charge on any atom is 0.126 e. The fourth-order valence-electron chi connectivity index (χ4n) is 1.46. The second kappa shape index (κ2) is 4.96. The highest BCUT2D eigenvalue weighted by molar-refractivity contribution is 5.61. The predicted octanol–water partition coefficient (Wildman–Crippen LogP) is 3.45. The summed E-state index contributed by atoms with van der Waals surface area (Å²) in [4.78, 5) is 2.05. The first-order valence-corrected chi connectivity index (χ1v) is 5.22. The summed E-state index contributed by atoms with van der Waals surface area (Å²) in [5.41, 5.74) is 2.40. The van der Waals surface area contributed by atoms with Gasteiger partial charge >= 0.3 is 0 Å². The van der Waals surface area contributed by atoms with Crippen molar-refractivity contribution >= 4 is 5.70 Å². The maximum absolute atomic E-state index is 13.3. The average Bonchev–Trinajstić information content (AvgIpc) is 2.21. The van der Waals surface area contributed by atoms with E-state index in [9.17, 15) is 4.39 Å². The van der Waals surface area contributed by atoms with E-state index in [1.54, 1.807) is 19.1 Å². The molecular formula is C13H18FN. The van der Waals surface area contributed by atoms with Crippen LogP contribution in [0, 0.1) is 12.7 Å². The van der Waals surface area contributed by atoms with Crippen LogP contribution >= 0.6 is 0 Å². The molecule has 0 bridgehead atoms. The summed E-state index contributed by atoms with van der Waals surface area (Å²) in [6, 6.07) is 5.24. The molecule has 0 amide bonds. The van der Waals surface area contributed by atoms with Gasteiger partial charge in [-0.1, -0.05) is 25.6 Å². The molecule has 0 atom stereocenters. The Bertz CT molecular complexity index is 358. The zero-order valence-corrected chi connectivity index (χ0v) is 9.68. The van der Waals surface area contributed by atoms with Crippen LogP contribution < -0.4 is 0 Å². The Labute approximate surface area is 91.2 Å². The molecular weight excluding hydrogens is 189 g/mol. The van der Waals surface area contributed by atoms with Crippen LogP contribution in [0.1, 0.15) is 24.5 Å². The van der Waals surface area contributed by atoms with Gasteiger partial charge in [0, 0.05) is 24.9 Å². The van der Waals surface area contributed by atoms with Gasteiger partial charge < -0.3 is 4.90 Å². The lowest BCUT2D eigenvalue weighted by molar-refractivity contribution is 0.478. The quantitative estimate of drug-likeness (QED) is 0.731. The minimum atomic E-state index is -0.168. The fraction of sp³-hybridized carbons (Fsp3) is 0.385. The van der Waals surface area contributed by atoms with Gasteiger partial charge in [0.15, 0.2) is 0 Å². The van der Waals surface area contributed by atoms with Crippen LogP contribution in [-0.4, -0.2) is 18.5 Å². The third-order valence-electron chi connectivity index (χ3n) is 2.52. The molecule has 0 saturated heterocycles. The number of hydrogen-bond donors (Lipinski definition) is 0. The summed E-state index contributed by atoms with van der Waals surface area (Å²) >= 11 is 0. The molecule has 0 spiro atoms. The first-order valence-electron chi connectivity index (χ1n) is 5.22. The molecule has 82 valence electrons. The van der Waals surface area contributed by atoms with Gasteiger partial charge in [0.1, 0.15) is 5.82 Å². The van der Waals surface area contributed by atoms with Crippen LogP contribution in [0.4, 0.5) is 4.39 Å². The molecule has 0 saturated carbocycles. The summed E-state index contributed by atoms with van der Waals surface area (Å²) in [7, 11) is 1.98. The van der Waals surface area contributed by atoms with Gasteiger partial charge in [-0.2, -0.15) is 0 Å². The number of aryl methyl sites for hydroxylation is 1. The molecule has 2 heteroatoms. The molecule has 0 heterocycles. The number of benzene rings is 1. The van der Waals surface area contributed by atoms with Crippen molar-refractivity contribution in [3.05, 3.63) is 41.7 Å². The standard InChI is InChI=1S/C13H18FN/c1-5-8-15(4)11(3)12-7-6-10(2)13(14)9-12/h6-7,9H,3,5,8H2,1-2,4H3. The molecule has 0 aliphatic rings. The highest BCUT2D eigenvalue weighted by Gasteiger charge is 2.06. The zero-order valence-electron chi connectivity index (χ0n) is 9.68. The maximum atomic E-state index is 13.3. The summed E-state index contributed by atoms with van der Waals surface area (Å²) in [5, 5.41) is 0. The van der Waals surface area contributed by atoms with Crippen LogP contribution in [0.3, 0.4) is 0 Å². The van der Waals surface area contributed by atoms with Crippen LogP contribution in [0.5, 0.6) is 0 Å². The monoisotopic (exact) mass is 207 g/mol. The summed E-state index contributed by atoms with van der Waals surface area (Å²) < 4.78 is 13.3. The van der Waals surface area contributed by atoms with Crippen LogP contribution in [0.25, 0.3) is 5.70 Å². The SMILES string of the molecule is C=C(c1ccc(C)c(F)c1)N(C)CCC. The highest BCUT2D eigenvalue weighted by Crippen LogP contribution is 2.18. The van der Waals surface area contributed by atoms with Crippen LogP contribution in [-0.2, 0) is 0 Å². The Balaban J connectivity index is 2.87. The molecule has 1 aromatic rings. The smallest absolute Gasteiger partial charge is 0.126 e. The van der Waals surface area contributed by atoms with E-state index in [4.69, 9.17) is 0 Å². The molecule has 0 radical (unpaired) electrons. The van der Waals surface area contributed by atoms with E-state index < -0.39 is 0 Å². The van der Waals surface area contributed by atoms with Gasteiger partial charge in [-0.05, 0) is 25.0 Å². The Morgan fingerprint density at radius 3 is 2.67 bits per heavy atom. The molecule has 15 heavy (non-hydrogen) atoms. The Morgan fingerprint density at radius 2 is 2.13 bits per heavy atom. The van der Waals surface area contributed by atoms with E-state index in [1.807, 2.05) is 18.0 Å². The topological polar surface area (TPSA) is 3.24 Å². The third kappa shape index (κ3) is 2.82. The van der Waals surface area contributed by atoms with Crippen molar-refractivity contribution < 1.29 is 4.39 Å². The molecule has 1 nitrogen and oxygen atoms in total. The van der Waals surface area contributed by atoms with Gasteiger partial charge in [-0.25, -0.2) is 4.39 Å². The predicted molar refractivity (Wildman–Crippen MR) is 63.1 cm³/mol. The number of nitrogens with zero attached hydrogens (tertiary/aromatic N) is 1. The highest BCUT2D eigenvalue weighted by atomic mass is 19.1. The number of hydrogen-bond acceptors (Lipinski definition) is 1. The molecule has 0 fully saturated rings. The van der Waals surface area contributed by atoms with Gasteiger partial charge in [-0.15, -0.1) is 0 Å². The molecule has 0 N–H and O–H groups in total. The number of halogens is 1. The molecule has 0 aliphatic heterocycles. The van der Waals surface area contributed by atoms with Gasteiger partial charge in [0.25, 0.3) is 0 Å². The van der Waals surface area contributed by atoms with Gasteiger partial charge in [-0.3, -0.25) is 0 Å². The summed E-state index contributed by atoms with van der Waals surface area (Å²) in [6.45, 7) is 8.78. The van der Waals surface area contributed by atoms with E-state index in [1.165, 1.54) is 0 Å². The lowest BCUT2D eigenvalue weighted by atomic mass is 10.1. The number of rotatable bonds is 4. The van der Waals surface area contributed by atoms with Crippen molar-refractivity contribution in [1.82, 2.24) is 4.90 Å². The first-order chi connectivity index (χ1) is 7.06. The minimum Gasteiger partial charge on any atom is -0.375 e. The normalized spacial score (nSPS) is 10.1. The Morgan fingerprint density at radius 1 is 1.47 bits per heavy atom. The molecule has 0 aliphatic carbocycles. The van der Waals surface area contributed by atoms with Crippen molar-refractivity contribution in [2.24, 2.45) is 0 Å². The van der Waals surface area contributed by atoms with Gasteiger partial charge in [0.2, 0.25) is 0 Å². The van der Waals surface area contributed by atoms with Crippen molar-refractivity contribution in [3.8, 4) is 0 Å². The second-order valence-corrected chi connectivity index (χ2v) is 3.83. The van der Waals surface area contributed by atoms with E-state index in [0.29, 0.717) is 5.56 Å². The second-order valence-electron chi connectivity index (χ2n) is 3.83. The lowest BCUT2D eigenvalue weighted by Crippen LogP contribution is -2.16. The minimum absolute atomic E-state index is 0.168. The third-order valence-corrected chi connectivity index (χ3v) is 2.52. The Kier molecular flexibility index (Phi) is 3.89. The van der Waals surface area contributed by atoms with E-state index in [2.05, 4.69) is 13.5 Å². The summed E-state index contributed by atoms with van der Waals surface area (Å²) in [5.74, 6) is -0.168. The largest absolute Gasteiger partial charge is 0.375 e. The van der Waals surface area contributed by atoms with Gasteiger partial charge in [0.05, 0.1) is 0 Å². The van der Waals surface area contributed by atoms with Crippen molar-refractivity contribution in [3.63, 3.8) is 0 Å². The van der Waals surface area contributed by atoms with E-state index in [0.717, 1.165) is 24.2 Å². The van der Waals surface area contributed by atoms with E-state index >= 15 is 0 Å². The average molecular weight is 207 g/mol. The fourth-order valence-corrected chi connectivity index (χ4v) is 1.46. The van der Waals surface area contributed by atoms with E-state index in [-0.39, 0.29) is 5.82 Å². The molecule has 1 rings (SSSR count). The molecule has 0 aromatic heterocycles. The lowest BCUT2D eigenvalue weighted by Gasteiger charge is -2.21. The van der Waals surface area contributed by atoms with Crippen molar-refractivity contribution in [2.75, 3.05) is 13.6 Å². The van der Waals surface area contributed by atoms with Crippen molar-refractivity contribution in [1.29, 1.82) is 0 Å². The van der Waals surface area contributed by atoms with Crippen LogP contribution in [0.15, 0.2) is 24.8 Å². The van der Waals surface area contributed by atoms with Crippen molar-refractivity contribution in [2.45, 2.75) is 20.3 Å². The summed E-state index contributed by atoms with van der Waals surface area (Å²) in [6.07, 6.45) is 1.06. The molecule has 0 unspecified atom stereocenters. The Hall–Kier alpha value is -1.31. The zero-order chi connectivity index (χ0) is 11.4. The first kappa shape index (κ1) is 11.8.